The lowest BCUT2D eigenvalue weighted by Crippen LogP contribution is -2.73. The molecule has 6 fully saturated rings. The maximum Gasteiger partial charge on any atom is 0.258 e. The topological polar surface area (TPSA) is 87.2 Å². The minimum atomic E-state index is -1.22. The number of morpholine rings is 2. The maximum absolute atomic E-state index is 16.3. The molecule has 0 aromatic carbocycles. The lowest BCUT2D eigenvalue weighted by Gasteiger charge is -2.60. The number of carbonyl (C=O) groups is 2. The van der Waals surface area contributed by atoms with E-state index in [1.54, 1.807) is 18.1 Å². The number of rotatable bonds is 9. The van der Waals surface area contributed by atoms with Crippen LogP contribution in [0.3, 0.4) is 0 Å². The van der Waals surface area contributed by atoms with E-state index in [1.165, 1.54) is 32.1 Å². The number of Topliss-reactive ketones (excluding diaryl/α,β-unsaturated/α-hetero) is 1. The van der Waals surface area contributed by atoms with E-state index in [0.29, 0.717) is 31.3 Å². The molecule has 11 unspecified atom stereocenters. The Labute approximate surface area is 285 Å². The quantitative estimate of drug-likeness (QED) is 0.317. The molecule has 0 spiro atoms. The molecule has 4 saturated carbocycles. The second kappa shape index (κ2) is 14.1. The average molecular weight is 664 g/mol. The summed E-state index contributed by atoms with van der Waals surface area (Å²) in [5, 5.41) is 3.58. The monoisotopic (exact) mass is 663 g/mol. The fourth-order valence-corrected chi connectivity index (χ4v) is 10.9. The summed E-state index contributed by atoms with van der Waals surface area (Å²) in [5.74, 6) is 1.87. The van der Waals surface area contributed by atoms with Crippen LogP contribution in [0.1, 0.15) is 63.5 Å². The molecule has 48 heavy (non-hydrogen) atoms. The molecule has 1 aromatic heterocycles. The second-order valence-electron chi connectivity index (χ2n) is 15.8. The minimum Gasteiger partial charge on any atom is -0.379 e. The van der Waals surface area contributed by atoms with Gasteiger partial charge in [0.05, 0.1) is 49.1 Å². The van der Waals surface area contributed by atoms with Crippen LogP contribution in [0, 0.1) is 29.6 Å². The van der Waals surface area contributed by atoms with Crippen molar-refractivity contribution in [2.45, 2.75) is 101 Å². The fraction of sp³-hybridized carbons (Fsp3) is 0.763. The summed E-state index contributed by atoms with van der Waals surface area (Å²) in [5.41, 5.74) is 1.12. The smallest absolute Gasteiger partial charge is 0.258 e. The Bertz CT molecular complexity index is 1340. The highest BCUT2D eigenvalue weighted by molar-refractivity contribution is 6.20. The third kappa shape index (κ3) is 6.24. The van der Waals surface area contributed by atoms with Crippen molar-refractivity contribution in [3.05, 3.63) is 41.9 Å². The van der Waals surface area contributed by atoms with Gasteiger partial charge in [-0.1, -0.05) is 25.3 Å². The van der Waals surface area contributed by atoms with Crippen LogP contribution in [0.4, 0.5) is 4.39 Å². The minimum absolute atomic E-state index is 0.0149. The van der Waals surface area contributed by atoms with Gasteiger partial charge >= 0.3 is 0 Å². The van der Waals surface area contributed by atoms with Crippen LogP contribution in [0.2, 0.25) is 0 Å². The number of aromatic nitrogens is 1. The number of pyridine rings is 1. The number of halogens is 1. The van der Waals surface area contributed by atoms with Gasteiger partial charge in [-0.2, -0.15) is 0 Å². The van der Waals surface area contributed by atoms with Gasteiger partial charge in [0, 0.05) is 57.1 Å². The molecule has 9 nitrogen and oxygen atoms in total. The molecule has 7 aliphatic rings. The van der Waals surface area contributed by atoms with Crippen LogP contribution in [-0.4, -0.2) is 121 Å². The van der Waals surface area contributed by atoms with Crippen molar-refractivity contribution in [2.24, 2.45) is 29.6 Å². The number of hydrogen-bond acceptors (Lipinski definition) is 8. The highest BCUT2D eigenvalue weighted by Gasteiger charge is 2.61. The second-order valence-corrected chi connectivity index (χ2v) is 15.8. The molecule has 1 aromatic rings. The first-order valence-electron chi connectivity index (χ1n) is 19.0. The highest BCUT2D eigenvalue weighted by atomic mass is 19.1. The molecule has 4 heterocycles. The third-order valence-corrected chi connectivity index (χ3v) is 13.3. The van der Waals surface area contributed by atoms with Crippen molar-refractivity contribution in [1.29, 1.82) is 0 Å². The molecule has 3 aliphatic heterocycles. The van der Waals surface area contributed by atoms with Crippen molar-refractivity contribution >= 4 is 11.7 Å². The van der Waals surface area contributed by atoms with Gasteiger partial charge < -0.3 is 24.6 Å². The lowest BCUT2D eigenvalue weighted by molar-refractivity contribution is -0.206. The standard InChI is InChI=1S/C38H54FN5O4/c1-42(14-10-26-8-4-5-11-40-26)38(46)30-23-44-32-22-28-25(19-24-7-2-3-9-27(24)28)20-33(32)48-37-34(31(39)21-29(35(37)44)36(30)45)41-12-6-13-43-15-17-47-18-16-43/h4-5,8,11,23-25,27-29,31-35,37,41H,2-3,6-7,9-10,12-22H2,1H3. The Kier molecular flexibility index (Phi) is 9.62. The molecule has 1 N–H and O–H groups in total. The van der Waals surface area contributed by atoms with E-state index >= 15 is 4.39 Å². The molecule has 10 heteroatoms. The SMILES string of the molecule is CN(CCc1ccccn1)C(=O)C1=CN2C3CC4C(CC5CCCCC54)CC3OC3C(NCCCN4CCOCC4)C(F)CC(C1=O)C32. The van der Waals surface area contributed by atoms with Gasteiger partial charge in [-0.05, 0) is 87.4 Å². The fourth-order valence-electron chi connectivity index (χ4n) is 10.9. The number of nitrogens with zero attached hydrogens (tertiary/aromatic N) is 4. The van der Waals surface area contributed by atoms with E-state index in [0.717, 1.165) is 69.6 Å². The average Bonchev–Trinajstić information content (AvgIpc) is 3.48. The van der Waals surface area contributed by atoms with Crippen molar-refractivity contribution in [1.82, 2.24) is 25.0 Å². The molecular formula is C38H54FN5O4. The Morgan fingerprint density at radius 2 is 1.94 bits per heavy atom. The van der Waals surface area contributed by atoms with Crippen molar-refractivity contribution in [2.75, 3.05) is 53.0 Å². The number of fused-ring (bicyclic) bond motifs is 5. The van der Waals surface area contributed by atoms with E-state index < -0.39 is 24.2 Å². The van der Waals surface area contributed by atoms with E-state index in [4.69, 9.17) is 9.47 Å². The first-order chi connectivity index (χ1) is 23.5. The Morgan fingerprint density at radius 3 is 2.77 bits per heavy atom. The van der Waals surface area contributed by atoms with Crippen molar-refractivity contribution < 1.29 is 23.5 Å². The Morgan fingerprint density at radius 1 is 1.08 bits per heavy atom. The predicted molar refractivity (Wildman–Crippen MR) is 180 cm³/mol. The van der Waals surface area contributed by atoms with E-state index in [2.05, 4.69) is 20.1 Å². The number of hydrogen-bond donors (Lipinski definition) is 1. The predicted octanol–water partition coefficient (Wildman–Crippen LogP) is 3.63. The van der Waals surface area contributed by atoms with Crippen LogP contribution < -0.4 is 5.32 Å². The number of alkyl halides is 1. The maximum atomic E-state index is 16.3. The zero-order valence-corrected chi connectivity index (χ0v) is 28.6. The number of ketones is 1. The van der Waals surface area contributed by atoms with Gasteiger partial charge in [-0.3, -0.25) is 19.5 Å². The van der Waals surface area contributed by atoms with Gasteiger partial charge in [0.25, 0.3) is 5.91 Å². The van der Waals surface area contributed by atoms with E-state index in [-0.39, 0.29) is 41.9 Å². The number of nitrogens with one attached hydrogen (secondary N) is 1. The zero-order chi connectivity index (χ0) is 32.8. The normalized spacial score (nSPS) is 39.1. The third-order valence-electron chi connectivity index (χ3n) is 13.3. The Hall–Kier alpha value is -2.40. The van der Waals surface area contributed by atoms with Crippen LogP contribution >= 0.6 is 0 Å². The molecule has 4 aliphatic carbocycles. The first kappa shape index (κ1) is 32.8. The summed E-state index contributed by atoms with van der Waals surface area (Å²) in [6, 6.07) is 5.17. The number of ether oxygens (including phenoxy) is 2. The van der Waals surface area contributed by atoms with Gasteiger partial charge in [0.1, 0.15) is 6.17 Å². The molecule has 1 amide bonds. The van der Waals surface area contributed by atoms with Gasteiger partial charge in [0.2, 0.25) is 0 Å². The summed E-state index contributed by atoms with van der Waals surface area (Å²) in [7, 11) is 1.76. The largest absolute Gasteiger partial charge is 0.379 e. The van der Waals surface area contributed by atoms with Crippen LogP contribution in [-0.2, 0) is 25.5 Å². The van der Waals surface area contributed by atoms with Crippen molar-refractivity contribution in [3.8, 4) is 0 Å². The zero-order valence-electron chi connectivity index (χ0n) is 28.6. The lowest BCUT2D eigenvalue weighted by atomic mass is 9.66. The van der Waals surface area contributed by atoms with Gasteiger partial charge in [-0.15, -0.1) is 0 Å². The van der Waals surface area contributed by atoms with Gasteiger partial charge in [-0.25, -0.2) is 4.39 Å². The molecule has 8 rings (SSSR count). The molecule has 11 atom stereocenters. The van der Waals surface area contributed by atoms with Crippen molar-refractivity contribution in [3.63, 3.8) is 0 Å². The molecule has 0 radical (unpaired) electrons. The van der Waals surface area contributed by atoms with Crippen LogP contribution in [0.5, 0.6) is 0 Å². The number of likely N-dealkylation sites (N-methyl/N-ethyl adjacent to an activating group) is 1. The molecule has 262 valence electrons. The number of carbonyl (C=O) groups excluding carboxylic acids is 2. The van der Waals surface area contributed by atoms with E-state index in [1.807, 2.05) is 24.4 Å². The summed E-state index contributed by atoms with van der Waals surface area (Å²) in [6.07, 6.45) is 12.4. The first-order valence-corrected chi connectivity index (χ1v) is 19.0. The molecular weight excluding hydrogens is 609 g/mol. The van der Waals surface area contributed by atoms with E-state index in [9.17, 15) is 9.59 Å². The van der Waals surface area contributed by atoms with Crippen LogP contribution in [0.25, 0.3) is 0 Å². The highest BCUT2D eigenvalue weighted by Crippen LogP contribution is 2.57. The number of amides is 1. The van der Waals surface area contributed by atoms with Gasteiger partial charge in [0.15, 0.2) is 5.78 Å². The van der Waals surface area contributed by atoms with Crippen LogP contribution in [0.15, 0.2) is 36.2 Å². The summed E-state index contributed by atoms with van der Waals surface area (Å²) in [4.78, 5) is 39.0. The summed E-state index contributed by atoms with van der Waals surface area (Å²) in [6.45, 7) is 5.56. The summed E-state index contributed by atoms with van der Waals surface area (Å²) < 4.78 is 28.9. The summed E-state index contributed by atoms with van der Waals surface area (Å²) >= 11 is 0. The molecule has 0 bridgehead atoms. The molecule has 2 saturated heterocycles. The Balaban J connectivity index is 1.04.